The fourth-order valence-corrected chi connectivity index (χ4v) is 2.31. The van der Waals surface area contributed by atoms with Gasteiger partial charge in [0.15, 0.2) is 0 Å². The molecule has 1 rings (SSSR count). The Morgan fingerprint density at radius 3 is 2.10 bits per heavy atom. The largest absolute Gasteiger partial charge is 0.373 e. The summed E-state index contributed by atoms with van der Waals surface area (Å²) in [7, 11) is 1.91. The van der Waals surface area contributed by atoms with Gasteiger partial charge in [0.1, 0.15) is 17.5 Å². The van der Waals surface area contributed by atoms with Crippen molar-refractivity contribution in [2.24, 2.45) is 5.92 Å². The number of anilines is 2. The van der Waals surface area contributed by atoms with Crippen LogP contribution in [-0.4, -0.2) is 23.1 Å². The molecule has 0 aliphatic heterocycles. The van der Waals surface area contributed by atoms with Crippen molar-refractivity contribution in [3.05, 3.63) is 11.4 Å². The Balaban J connectivity index is 2.79. The van der Waals surface area contributed by atoms with Gasteiger partial charge in [-0.3, -0.25) is 0 Å². The summed E-state index contributed by atoms with van der Waals surface area (Å²) in [5.41, 5.74) is 1.10. The van der Waals surface area contributed by atoms with Gasteiger partial charge < -0.3 is 10.6 Å². The molecule has 0 fully saturated rings. The van der Waals surface area contributed by atoms with Gasteiger partial charge in [-0.15, -0.1) is 0 Å². The molecular weight excluding hydrogens is 260 g/mol. The van der Waals surface area contributed by atoms with Crippen molar-refractivity contribution in [1.29, 1.82) is 0 Å². The Morgan fingerprint density at radius 1 is 0.952 bits per heavy atom. The number of nitrogens with one attached hydrogen (secondary N) is 2. The van der Waals surface area contributed by atoms with E-state index in [-0.39, 0.29) is 0 Å². The third-order valence-corrected chi connectivity index (χ3v) is 3.72. The molecule has 1 aromatic rings. The lowest BCUT2D eigenvalue weighted by Crippen LogP contribution is -2.19. The van der Waals surface area contributed by atoms with E-state index in [1.165, 1.54) is 19.3 Å². The fraction of sp³-hybridized carbons (Fsp3) is 0.765. The summed E-state index contributed by atoms with van der Waals surface area (Å²) in [4.78, 5) is 9.28. The topological polar surface area (TPSA) is 49.8 Å². The smallest absolute Gasteiger partial charge is 0.135 e. The maximum atomic E-state index is 4.70. The number of nitrogens with zero attached hydrogens (tertiary/aromatic N) is 2. The second-order valence-corrected chi connectivity index (χ2v) is 6.68. The van der Waals surface area contributed by atoms with Crippen molar-refractivity contribution in [3.63, 3.8) is 0 Å². The summed E-state index contributed by atoms with van der Waals surface area (Å²) in [5, 5.41) is 6.73. The van der Waals surface area contributed by atoms with Crippen LogP contribution in [0.3, 0.4) is 0 Å². The second kappa shape index (κ2) is 8.20. The second-order valence-electron chi connectivity index (χ2n) is 6.68. The Kier molecular flexibility index (Phi) is 6.93. The minimum absolute atomic E-state index is 0.328. The molecule has 1 aromatic heterocycles. The number of hydrogen-bond acceptors (Lipinski definition) is 4. The van der Waals surface area contributed by atoms with Gasteiger partial charge >= 0.3 is 0 Å². The van der Waals surface area contributed by atoms with Gasteiger partial charge in [-0.25, -0.2) is 9.97 Å². The molecule has 4 nitrogen and oxygen atoms in total. The van der Waals surface area contributed by atoms with Crippen molar-refractivity contribution < 1.29 is 0 Å². The molecule has 0 aliphatic rings. The van der Waals surface area contributed by atoms with Crippen molar-refractivity contribution in [1.82, 2.24) is 9.97 Å². The molecule has 4 heteroatoms. The van der Waals surface area contributed by atoms with Gasteiger partial charge in [0, 0.05) is 24.6 Å². The number of rotatable bonds is 8. The molecule has 0 aromatic carbocycles. The van der Waals surface area contributed by atoms with Crippen molar-refractivity contribution in [3.8, 4) is 0 Å². The number of aromatic nitrogens is 2. The molecule has 0 aliphatic carbocycles. The van der Waals surface area contributed by atoms with Crippen LogP contribution in [0.15, 0.2) is 0 Å². The standard InChI is InChI=1S/C17H32N4/c1-11(2)9-8-10-13(5)19-17-14(6)16(18-7)20-15(21-17)12(3)4/h11-13H,8-10H2,1-7H3,(H2,18,19,20,21). The third kappa shape index (κ3) is 5.52. The zero-order chi connectivity index (χ0) is 16.0. The summed E-state index contributed by atoms with van der Waals surface area (Å²) in [6.07, 6.45) is 3.72. The van der Waals surface area contributed by atoms with Crippen LogP contribution in [0.5, 0.6) is 0 Å². The van der Waals surface area contributed by atoms with Gasteiger partial charge in [0.2, 0.25) is 0 Å². The number of hydrogen-bond donors (Lipinski definition) is 2. The first-order valence-electron chi connectivity index (χ1n) is 8.18. The zero-order valence-corrected chi connectivity index (χ0v) is 14.7. The maximum absolute atomic E-state index is 4.70. The summed E-state index contributed by atoms with van der Waals surface area (Å²) >= 11 is 0. The summed E-state index contributed by atoms with van der Waals surface area (Å²) in [6.45, 7) is 13.1. The molecule has 1 atom stereocenters. The zero-order valence-electron chi connectivity index (χ0n) is 14.7. The summed E-state index contributed by atoms with van der Waals surface area (Å²) in [5.74, 6) is 3.89. The Labute approximate surface area is 130 Å². The average molecular weight is 292 g/mol. The van der Waals surface area contributed by atoms with Crippen LogP contribution in [0.1, 0.15) is 71.2 Å². The summed E-state index contributed by atoms with van der Waals surface area (Å²) < 4.78 is 0. The highest BCUT2D eigenvalue weighted by Gasteiger charge is 2.14. The molecule has 0 bridgehead atoms. The normalized spacial score (nSPS) is 12.8. The minimum Gasteiger partial charge on any atom is -0.373 e. The maximum Gasteiger partial charge on any atom is 0.135 e. The van der Waals surface area contributed by atoms with Crippen LogP contribution in [0.2, 0.25) is 0 Å². The quantitative estimate of drug-likeness (QED) is 0.736. The molecule has 0 saturated carbocycles. The Hall–Kier alpha value is -1.32. The monoisotopic (exact) mass is 292 g/mol. The highest BCUT2D eigenvalue weighted by atomic mass is 15.1. The van der Waals surface area contributed by atoms with E-state index in [9.17, 15) is 0 Å². The molecule has 0 spiro atoms. The predicted octanol–water partition coefficient (Wildman–Crippen LogP) is 4.58. The molecule has 21 heavy (non-hydrogen) atoms. The highest BCUT2D eigenvalue weighted by Crippen LogP contribution is 2.24. The van der Waals surface area contributed by atoms with Crippen molar-refractivity contribution in [2.75, 3.05) is 17.7 Å². The van der Waals surface area contributed by atoms with Gasteiger partial charge in [0.25, 0.3) is 0 Å². The van der Waals surface area contributed by atoms with E-state index >= 15 is 0 Å². The molecule has 0 saturated heterocycles. The first-order chi connectivity index (χ1) is 9.85. The van der Waals surface area contributed by atoms with E-state index < -0.39 is 0 Å². The van der Waals surface area contributed by atoms with Crippen LogP contribution >= 0.6 is 0 Å². The van der Waals surface area contributed by atoms with E-state index in [4.69, 9.17) is 4.98 Å². The molecular formula is C17H32N4. The SMILES string of the molecule is CNc1nc(C(C)C)nc(NC(C)CCCC(C)C)c1C. The first kappa shape index (κ1) is 17.7. The van der Waals surface area contributed by atoms with E-state index in [0.717, 1.165) is 28.9 Å². The Morgan fingerprint density at radius 2 is 1.57 bits per heavy atom. The van der Waals surface area contributed by atoms with Crippen LogP contribution in [-0.2, 0) is 0 Å². The fourth-order valence-electron chi connectivity index (χ4n) is 2.31. The average Bonchev–Trinajstić information content (AvgIpc) is 2.40. The third-order valence-electron chi connectivity index (χ3n) is 3.72. The lowest BCUT2D eigenvalue weighted by Gasteiger charge is -2.19. The van der Waals surface area contributed by atoms with E-state index in [0.29, 0.717) is 12.0 Å². The van der Waals surface area contributed by atoms with Gasteiger partial charge in [-0.1, -0.05) is 40.5 Å². The van der Waals surface area contributed by atoms with E-state index in [1.807, 2.05) is 7.05 Å². The van der Waals surface area contributed by atoms with E-state index in [2.05, 4.69) is 57.2 Å². The van der Waals surface area contributed by atoms with Crippen molar-refractivity contribution >= 4 is 11.6 Å². The van der Waals surface area contributed by atoms with Gasteiger partial charge in [-0.2, -0.15) is 0 Å². The van der Waals surface area contributed by atoms with Crippen LogP contribution < -0.4 is 10.6 Å². The lowest BCUT2D eigenvalue weighted by atomic mass is 10.0. The van der Waals surface area contributed by atoms with Crippen molar-refractivity contribution in [2.45, 2.75) is 72.8 Å². The van der Waals surface area contributed by atoms with Crippen LogP contribution in [0.25, 0.3) is 0 Å². The molecule has 1 unspecified atom stereocenters. The van der Waals surface area contributed by atoms with Gasteiger partial charge in [0.05, 0.1) is 0 Å². The molecule has 120 valence electrons. The van der Waals surface area contributed by atoms with E-state index in [1.54, 1.807) is 0 Å². The molecule has 0 amide bonds. The highest BCUT2D eigenvalue weighted by molar-refractivity contribution is 5.57. The molecule has 2 N–H and O–H groups in total. The van der Waals surface area contributed by atoms with Crippen LogP contribution in [0, 0.1) is 12.8 Å². The predicted molar refractivity (Wildman–Crippen MR) is 92.2 cm³/mol. The first-order valence-corrected chi connectivity index (χ1v) is 8.18. The summed E-state index contributed by atoms with van der Waals surface area (Å²) in [6, 6.07) is 0.432. The lowest BCUT2D eigenvalue weighted by molar-refractivity contribution is 0.519. The minimum atomic E-state index is 0.328. The van der Waals surface area contributed by atoms with Gasteiger partial charge in [-0.05, 0) is 26.2 Å². The molecule has 0 radical (unpaired) electrons. The van der Waals surface area contributed by atoms with Crippen LogP contribution in [0.4, 0.5) is 11.6 Å². The molecule has 1 heterocycles. The Bertz CT molecular complexity index is 441.